The lowest BCUT2D eigenvalue weighted by molar-refractivity contribution is 0.327. The van der Waals surface area contributed by atoms with Gasteiger partial charge in [0.2, 0.25) is 0 Å². The molecule has 2 nitrogen and oxygen atoms in total. The van der Waals surface area contributed by atoms with Crippen LogP contribution in [0, 0.1) is 0 Å². The van der Waals surface area contributed by atoms with Gasteiger partial charge in [-0.1, -0.05) is 163 Å². The molecule has 0 N–H and O–H groups in total. The Labute approximate surface area is 264 Å². The van der Waals surface area contributed by atoms with Crippen LogP contribution in [0.3, 0.4) is 0 Å². The third-order valence-electron chi connectivity index (χ3n) is 7.80. The van der Waals surface area contributed by atoms with Gasteiger partial charge in [-0.2, -0.15) is 0 Å². The van der Waals surface area contributed by atoms with Crippen molar-refractivity contribution in [2.75, 3.05) is 13.2 Å². The third-order valence-corrected chi connectivity index (χ3v) is 18.5. The standard InChI is InChI=1S/C36H43IO2Si2/c1-35(2,3)40(31-19-11-7-12-20-31,32-21-13-8-14-22-32)38-28-27-30(37)29-39-41(36(4,5)6,33-23-15-9-16-24-33)34-25-17-10-18-26-34/h7-27H,28-29H2,1-6H3/b30-27+/i27D. The van der Waals surface area contributed by atoms with Gasteiger partial charge in [0, 0.05) is 3.58 Å². The van der Waals surface area contributed by atoms with Crippen LogP contribution in [0.5, 0.6) is 0 Å². The Bertz CT molecular complexity index is 1260. The Hall–Kier alpha value is -2.30. The van der Waals surface area contributed by atoms with Gasteiger partial charge in [0.15, 0.2) is 0 Å². The summed E-state index contributed by atoms with van der Waals surface area (Å²) in [6, 6.07) is 43.0. The van der Waals surface area contributed by atoms with E-state index in [1.54, 1.807) is 0 Å². The van der Waals surface area contributed by atoms with E-state index in [4.69, 9.17) is 10.2 Å². The predicted octanol–water partition coefficient (Wildman–Crippen LogP) is 7.46. The highest BCUT2D eigenvalue weighted by molar-refractivity contribution is 14.1. The molecule has 4 aromatic carbocycles. The Kier molecular flexibility index (Phi) is 9.82. The molecule has 0 fully saturated rings. The van der Waals surface area contributed by atoms with Crippen molar-refractivity contribution in [2.45, 2.75) is 51.6 Å². The van der Waals surface area contributed by atoms with E-state index >= 15 is 0 Å². The van der Waals surface area contributed by atoms with Crippen molar-refractivity contribution < 1.29 is 10.2 Å². The van der Waals surface area contributed by atoms with Gasteiger partial charge in [0.1, 0.15) is 0 Å². The fraction of sp³-hybridized carbons (Fsp3) is 0.278. The molecule has 0 saturated heterocycles. The lowest BCUT2D eigenvalue weighted by Gasteiger charge is -2.43. The zero-order chi connectivity index (χ0) is 30.4. The Balaban J connectivity index is 1.70. The van der Waals surface area contributed by atoms with Crippen molar-refractivity contribution in [3.8, 4) is 0 Å². The largest absolute Gasteiger partial charge is 0.404 e. The topological polar surface area (TPSA) is 18.5 Å². The molecule has 0 aromatic heterocycles. The van der Waals surface area contributed by atoms with Gasteiger partial charge in [-0.05, 0) is 59.5 Å². The van der Waals surface area contributed by atoms with E-state index in [1.165, 1.54) is 20.7 Å². The summed E-state index contributed by atoms with van der Waals surface area (Å²) in [4.78, 5) is 0. The summed E-state index contributed by atoms with van der Waals surface area (Å²) in [5.74, 6) is 0. The van der Waals surface area contributed by atoms with E-state index in [0.717, 1.165) is 3.58 Å². The molecule has 0 aliphatic rings. The number of halogens is 1. The molecule has 4 aromatic rings. The first-order valence-corrected chi connectivity index (χ1v) is 19.2. The second kappa shape index (κ2) is 13.3. The monoisotopic (exact) mass is 691 g/mol. The fourth-order valence-corrected chi connectivity index (χ4v) is 15.5. The van der Waals surface area contributed by atoms with Crippen LogP contribution < -0.4 is 20.7 Å². The van der Waals surface area contributed by atoms with Crippen molar-refractivity contribution in [3.05, 3.63) is 131 Å². The molecule has 0 saturated carbocycles. The number of hydrogen-bond acceptors (Lipinski definition) is 2. The summed E-state index contributed by atoms with van der Waals surface area (Å²) in [5, 5.41) is 4.64. The minimum absolute atomic E-state index is 0.125. The second-order valence-corrected chi connectivity index (χ2v) is 22.4. The quantitative estimate of drug-likeness (QED) is 0.127. The number of rotatable bonds is 10. The first-order chi connectivity index (χ1) is 19.9. The Morgan fingerprint density at radius 3 is 1.17 bits per heavy atom. The number of benzene rings is 4. The third kappa shape index (κ3) is 6.70. The normalized spacial score (nSPS) is 13.9. The molecule has 0 aliphatic heterocycles. The van der Waals surface area contributed by atoms with E-state index in [2.05, 4.69) is 185 Å². The molecule has 0 bridgehead atoms. The van der Waals surface area contributed by atoms with Crippen LogP contribution in [0.2, 0.25) is 10.1 Å². The first-order valence-electron chi connectivity index (χ1n) is 14.8. The van der Waals surface area contributed by atoms with Gasteiger partial charge >= 0.3 is 0 Å². The van der Waals surface area contributed by atoms with E-state index in [-0.39, 0.29) is 16.7 Å². The summed E-state index contributed by atoms with van der Waals surface area (Å²) < 4.78 is 24.2. The first kappa shape index (κ1) is 30.2. The molecule has 41 heavy (non-hydrogen) atoms. The smallest absolute Gasteiger partial charge is 0.261 e. The molecule has 0 unspecified atom stereocenters. The van der Waals surface area contributed by atoms with Crippen molar-refractivity contribution in [2.24, 2.45) is 0 Å². The maximum Gasteiger partial charge on any atom is 0.261 e. The average molecular weight is 692 g/mol. The van der Waals surface area contributed by atoms with Gasteiger partial charge in [0.05, 0.1) is 14.6 Å². The van der Waals surface area contributed by atoms with Crippen molar-refractivity contribution in [1.29, 1.82) is 0 Å². The molecule has 0 radical (unpaired) electrons. The van der Waals surface area contributed by atoms with Crippen LogP contribution in [-0.4, -0.2) is 29.8 Å². The van der Waals surface area contributed by atoms with Gasteiger partial charge in [0.25, 0.3) is 16.6 Å². The molecular weight excluding hydrogens is 647 g/mol. The highest BCUT2D eigenvalue weighted by Gasteiger charge is 2.51. The van der Waals surface area contributed by atoms with Crippen LogP contribution in [0.1, 0.15) is 42.9 Å². The Morgan fingerprint density at radius 2 is 0.878 bits per heavy atom. The summed E-state index contributed by atoms with van der Waals surface area (Å²) in [6.07, 6.45) is 0. The summed E-state index contributed by atoms with van der Waals surface area (Å²) >= 11 is 2.30. The second-order valence-electron chi connectivity index (χ2n) is 12.5. The molecule has 4 rings (SSSR count). The van der Waals surface area contributed by atoms with Gasteiger partial charge in [-0.3, -0.25) is 0 Å². The van der Waals surface area contributed by atoms with Crippen LogP contribution >= 0.6 is 22.6 Å². The van der Waals surface area contributed by atoms with Gasteiger partial charge in [-0.25, -0.2) is 0 Å². The predicted molar refractivity (Wildman–Crippen MR) is 189 cm³/mol. The summed E-state index contributed by atoms with van der Waals surface area (Å²) in [7, 11) is -5.45. The van der Waals surface area contributed by atoms with Crippen LogP contribution in [-0.2, 0) is 8.85 Å². The van der Waals surface area contributed by atoms with Crippen LogP contribution in [0.15, 0.2) is 131 Å². The van der Waals surface area contributed by atoms with E-state index in [0.29, 0.717) is 12.7 Å². The zero-order valence-corrected chi connectivity index (χ0v) is 29.3. The SMILES string of the molecule is [2H]/C(CO[Si](c1ccccc1)(c1ccccc1)C(C)(C)C)=C(\I)CO[Si](c1ccccc1)(c1ccccc1)C(C)(C)C. The minimum atomic E-state index is -2.74. The van der Waals surface area contributed by atoms with Crippen LogP contribution in [0.25, 0.3) is 0 Å². The highest BCUT2D eigenvalue weighted by atomic mass is 127. The van der Waals surface area contributed by atoms with Gasteiger partial charge < -0.3 is 8.85 Å². The van der Waals surface area contributed by atoms with Crippen molar-refractivity contribution in [1.82, 2.24) is 0 Å². The molecule has 0 heterocycles. The lowest BCUT2D eigenvalue weighted by atomic mass is 10.2. The molecule has 0 aliphatic carbocycles. The molecule has 0 spiro atoms. The summed E-state index contributed by atoms with van der Waals surface area (Å²) in [5.41, 5.74) is 0. The minimum Gasteiger partial charge on any atom is -0.404 e. The molecule has 0 amide bonds. The molecule has 0 atom stereocenters. The zero-order valence-electron chi connectivity index (χ0n) is 26.2. The molecular formula is C36H43IO2Si2. The lowest BCUT2D eigenvalue weighted by Crippen LogP contribution is -2.66. The summed E-state index contributed by atoms with van der Waals surface area (Å²) in [6.45, 7) is 14.2. The van der Waals surface area contributed by atoms with Gasteiger partial charge in [-0.15, -0.1) is 0 Å². The average Bonchev–Trinajstić information content (AvgIpc) is 2.98. The molecule has 5 heteroatoms. The van der Waals surface area contributed by atoms with E-state index in [9.17, 15) is 0 Å². The highest BCUT2D eigenvalue weighted by Crippen LogP contribution is 2.38. The maximum absolute atomic E-state index is 9.17. The van der Waals surface area contributed by atoms with E-state index < -0.39 is 16.6 Å². The Morgan fingerprint density at radius 1 is 0.585 bits per heavy atom. The van der Waals surface area contributed by atoms with Crippen molar-refractivity contribution >= 4 is 60.0 Å². The van der Waals surface area contributed by atoms with E-state index in [1.807, 2.05) is 0 Å². The van der Waals surface area contributed by atoms with Crippen molar-refractivity contribution in [3.63, 3.8) is 0 Å². The fourth-order valence-electron chi connectivity index (χ4n) is 5.97. The maximum atomic E-state index is 9.17. The number of hydrogen-bond donors (Lipinski definition) is 0. The molecule has 214 valence electrons. The van der Waals surface area contributed by atoms with Crippen LogP contribution in [0.4, 0.5) is 0 Å².